The molecule has 0 saturated heterocycles. The van der Waals surface area contributed by atoms with Gasteiger partial charge in [-0.3, -0.25) is 0 Å². The number of ether oxygens (including phenoxy) is 1. The predicted molar refractivity (Wildman–Crippen MR) is 63.3 cm³/mol. The second-order valence-electron chi connectivity index (χ2n) is 4.41. The Hall–Kier alpha value is -0.410. The van der Waals surface area contributed by atoms with Crippen LogP contribution in [-0.4, -0.2) is 12.1 Å². The first-order chi connectivity index (χ1) is 7.26. The van der Waals surface area contributed by atoms with Gasteiger partial charge in [-0.05, 0) is 31.1 Å². The quantitative estimate of drug-likeness (QED) is 0.761. The third-order valence-electron chi connectivity index (χ3n) is 3.20. The fourth-order valence-corrected chi connectivity index (χ4v) is 2.87. The lowest BCUT2D eigenvalue weighted by Crippen LogP contribution is -2.03. The summed E-state index contributed by atoms with van der Waals surface area (Å²) in [7, 11) is 1.80. The molecular formula is C12H19NOS. The minimum absolute atomic E-state index is 0.257. The summed E-state index contributed by atoms with van der Waals surface area (Å²) in [6.45, 7) is 4.44. The van der Waals surface area contributed by atoms with Crippen molar-refractivity contribution in [1.29, 1.82) is 0 Å². The number of nitrogens with zero attached hydrogens (tertiary/aromatic N) is 1. The summed E-state index contributed by atoms with van der Waals surface area (Å²) in [5, 5.41) is 3.37. The van der Waals surface area contributed by atoms with Crippen LogP contribution in [0.4, 0.5) is 0 Å². The number of thiazole rings is 1. The van der Waals surface area contributed by atoms with Crippen LogP contribution in [0.15, 0.2) is 5.38 Å². The number of methoxy groups -OCH3 is 1. The number of hydrogen-bond acceptors (Lipinski definition) is 3. The molecule has 1 aromatic heterocycles. The normalized spacial score (nSPS) is 20.2. The fourth-order valence-electron chi connectivity index (χ4n) is 1.76. The van der Waals surface area contributed by atoms with Crippen LogP contribution in [0.2, 0.25) is 0 Å². The lowest BCUT2D eigenvalue weighted by Gasteiger charge is -2.10. The lowest BCUT2D eigenvalue weighted by molar-refractivity contribution is 0.0842. The van der Waals surface area contributed by atoms with Crippen molar-refractivity contribution in [2.24, 2.45) is 5.92 Å². The Balaban J connectivity index is 2.10. The first-order valence-electron chi connectivity index (χ1n) is 5.74. The molecule has 1 aliphatic rings. The van der Waals surface area contributed by atoms with Gasteiger partial charge in [-0.25, -0.2) is 4.98 Å². The highest BCUT2D eigenvalue weighted by molar-refractivity contribution is 7.09. The van der Waals surface area contributed by atoms with Gasteiger partial charge in [-0.1, -0.05) is 13.8 Å². The van der Waals surface area contributed by atoms with Gasteiger partial charge in [0.15, 0.2) is 0 Å². The van der Waals surface area contributed by atoms with E-state index in [1.165, 1.54) is 23.5 Å². The van der Waals surface area contributed by atoms with E-state index in [-0.39, 0.29) is 6.10 Å². The summed E-state index contributed by atoms with van der Waals surface area (Å²) in [5.74, 6) is 1.30. The van der Waals surface area contributed by atoms with Crippen LogP contribution >= 0.6 is 11.3 Å². The molecule has 84 valence electrons. The van der Waals surface area contributed by atoms with Crippen molar-refractivity contribution < 1.29 is 4.74 Å². The van der Waals surface area contributed by atoms with Crippen LogP contribution in [0, 0.1) is 5.92 Å². The second-order valence-corrected chi connectivity index (χ2v) is 5.30. The number of rotatable bonds is 5. The van der Waals surface area contributed by atoms with Gasteiger partial charge < -0.3 is 4.74 Å². The van der Waals surface area contributed by atoms with Crippen molar-refractivity contribution in [3.63, 3.8) is 0 Å². The minimum atomic E-state index is 0.257. The van der Waals surface area contributed by atoms with Crippen LogP contribution in [0.25, 0.3) is 0 Å². The SMILES string of the molecule is CCC(C)c1csc(C(OC)C2CC2)n1. The maximum Gasteiger partial charge on any atom is 0.122 e. The van der Waals surface area contributed by atoms with Gasteiger partial charge in [-0.2, -0.15) is 0 Å². The molecule has 0 radical (unpaired) electrons. The first-order valence-corrected chi connectivity index (χ1v) is 6.62. The summed E-state index contributed by atoms with van der Waals surface area (Å²) < 4.78 is 5.53. The lowest BCUT2D eigenvalue weighted by atomic mass is 10.1. The number of hydrogen-bond donors (Lipinski definition) is 0. The summed E-state index contributed by atoms with van der Waals surface area (Å²) in [6, 6.07) is 0. The monoisotopic (exact) mass is 225 g/mol. The first kappa shape index (κ1) is 11.1. The predicted octanol–water partition coefficient (Wildman–Crippen LogP) is 3.75. The van der Waals surface area contributed by atoms with Crippen molar-refractivity contribution in [2.45, 2.75) is 45.1 Å². The third-order valence-corrected chi connectivity index (χ3v) is 4.13. The Morgan fingerprint density at radius 1 is 1.60 bits per heavy atom. The van der Waals surface area contributed by atoms with E-state index in [1.54, 1.807) is 18.4 Å². The highest BCUT2D eigenvalue weighted by Crippen LogP contribution is 2.44. The van der Waals surface area contributed by atoms with E-state index >= 15 is 0 Å². The Morgan fingerprint density at radius 3 is 2.87 bits per heavy atom. The molecule has 0 aliphatic heterocycles. The maximum atomic E-state index is 5.53. The van der Waals surface area contributed by atoms with E-state index in [2.05, 4.69) is 19.2 Å². The molecule has 1 saturated carbocycles. The average molecular weight is 225 g/mol. The van der Waals surface area contributed by atoms with Crippen LogP contribution in [0.1, 0.15) is 55.8 Å². The molecule has 1 aliphatic carbocycles. The third kappa shape index (κ3) is 2.40. The van der Waals surface area contributed by atoms with Gasteiger partial charge in [0.2, 0.25) is 0 Å². The summed E-state index contributed by atoms with van der Waals surface area (Å²) in [4.78, 5) is 4.71. The number of aromatic nitrogens is 1. The van der Waals surface area contributed by atoms with Gasteiger partial charge in [0.05, 0.1) is 5.69 Å². The van der Waals surface area contributed by atoms with Crippen molar-refractivity contribution >= 4 is 11.3 Å². The van der Waals surface area contributed by atoms with Gasteiger partial charge in [0.25, 0.3) is 0 Å². The van der Waals surface area contributed by atoms with Crippen molar-refractivity contribution in [3.05, 3.63) is 16.1 Å². The highest BCUT2D eigenvalue weighted by atomic mass is 32.1. The minimum Gasteiger partial charge on any atom is -0.374 e. The van der Waals surface area contributed by atoms with Crippen LogP contribution in [-0.2, 0) is 4.74 Å². The molecule has 15 heavy (non-hydrogen) atoms. The molecule has 1 heterocycles. The summed E-state index contributed by atoms with van der Waals surface area (Å²) in [5.41, 5.74) is 1.24. The molecule has 0 bridgehead atoms. The fraction of sp³-hybridized carbons (Fsp3) is 0.750. The molecule has 2 rings (SSSR count). The Kier molecular flexibility index (Phi) is 3.42. The standard InChI is InChI=1S/C12H19NOS/c1-4-8(2)10-7-15-12(13-10)11(14-3)9-5-6-9/h7-9,11H,4-6H2,1-3H3. The molecule has 3 heteroatoms. The molecule has 0 amide bonds. The zero-order chi connectivity index (χ0) is 10.8. The van der Waals surface area contributed by atoms with Gasteiger partial charge >= 0.3 is 0 Å². The van der Waals surface area contributed by atoms with Gasteiger partial charge in [0, 0.05) is 12.5 Å². The Labute approximate surface area is 95.7 Å². The van der Waals surface area contributed by atoms with E-state index in [4.69, 9.17) is 9.72 Å². The molecule has 0 spiro atoms. The second kappa shape index (κ2) is 4.62. The van der Waals surface area contributed by atoms with Crippen LogP contribution in [0.3, 0.4) is 0 Å². The maximum absolute atomic E-state index is 5.53. The van der Waals surface area contributed by atoms with Gasteiger partial charge in [-0.15, -0.1) is 11.3 Å². The van der Waals surface area contributed by atoms with Gasteiger partial charge in [0.1, 0.15) is 11.1 Å². The Morgan fingerprint density at radius 2 is 2.33 bits per heavy atom. The molecular weight excluding hydrogens is 206 g/mol. The van der Waals surface area contributed by atoms with Crippen LogP contribution < -0.4 is 0 Å². The molecule has 0 N–H and O–H groups in total. The summed E-state index contributed by atoms with van der Waals surface area (Å²) in [6.07, 6.45) is 4.02. The molecule has 1 aromatic rings. The topological polar surface area (TPSA) is 22.1 Å². The largest absolute Gasteiger partial charge is 0.374 e. The van der Waals surface area contributed by atoms with E-state index in [1.807, 2.05) is 0 Å². The zero-order valence-electron chi connectivity index (χ0n) is 9.69. The molecule has 1 fully saturated rings. The smallest absolute Gasteiger partial charge is 0.122 e. The molecule has 0 aromatic carbocycles. The Bertz CT molecular complexity index is 319. The highest BCUT2D eigenvalue weighted by Gasteiger charge is 2.34. The zero-order valence-corrected chi connectivity index (χ0v) is 10.5. The average Bonchev–Trinajstić information content (AvgIpc) is 2.96. The molecule has 2 unspecified atom stereocenters. The molecule has 2 atom stereocenters. The van der Waals surface area contributed by atoms with E-state index in [0.29, 0.717) is 5.92 Å². The molecule has 2 nitrogen and oxygen atoms in total. The van der Waals surface area contributed by atoms with Crippen molar-refractivity contribution in [3.8, 4) is 0 Å². The van der Waals surface area contributed by atoms with Crippen molar-refractivity contribution in [1.82, 2.24) is 4.98 Å². The van der Waals surface area contributed by atoms with E-state index in [0.717, 1.165) is 12.3 Å². The van der Waals surface area contributed by atoms with E-state index in [9.17, 15) is 0 Å². The van der Waals surface area contributed by atoms with Crippen molar-refractivity contribution in [2.75, 3.05) is 7.11 Å². The van der Waals surface area contributed by atoms with E-state index < -0.39 is 0 Å². The van der Waals surface area contributed by atoms with Crippen LogP contribution in [0.5, 0.6) is 0 Å². The summed E-state index contributed by atoms with van der Waals surface area (Å²) >= 11 is 1.76.